The lowest BCUT2D eigenvalue weighted by Gasteiger charge is -2.34. The molecule has 1 aromatic heterocycles. The smallest absolute Gasteiger partial charge is 0.250 e. The van der Waals surface area contributed by atoms with E-state index in [0.717, 1.165) is 44.8 Å². The summed E-state index contributed by atoms with van der Waals surface area (Å²) in [5.74, 6) is 0.738. The number of aliphatic hydroxyl groups is 1. The molecule has 0 bridgehead atoms. The van der Waals surface area contributed by atoms with Crippen LogP contribution in [-0.4, -0.2) is 27.2 Å². The third-order valence-electron chi connectivity index (χ3n) is 4.22. The topological polar surface area (TPSA) is 75.6 Å². The molecule has 0 aliphatic heterocycles. The lowest BCUT2D eigenvalue weighted by molar-refractivity contribution is 0.0242. The number of ether oxygens (including phenoxy) is 1. The number of fused-ring (bicyclic) bond motifs is 1. The van der Waals surface area contributed by atoms with E-state index in [4.69, 9.17) is 4.74 Å². The van der Waals surface area contributed by atoms with Crippen molar-refractivity contribution < 1.29 is 18.3 Å². The highest BCUT2D eigenvalue weighted by atomic mass is 79.9. The molecule has 130 valence electrons. The predicted octanol–water partition coefficient (Wildman–Crippen LogP) is 3.02. The molecule has 1 unspecified atom stereocenters. The number of halogens is 1. The first-order valence-corrected chi connectivity index (χ1v) is 10.6. The Labute approximate surface area is 153 Å². The van der Waals surface area contributed by atoms with Gasteiger partial charge in [0, 0.05) is 6.54 Å². The Morgan fingerprint density at radius 1 is 1.38 bits per heavy atom. The van der Waals surface area contributed by atoms with E-state index in [1.165, 1.54) is 0 Å². The number of hydrogen-bond donors (Lipinski definition) is 2. The number of sulfonamides is 1. The largest absolute Gasteiger partial charge is 0.497 e. The summed E-state index contributed by atoms with van der Waals surface area (Å²) < 4.78 is 33.5. The molecule has 2 aromatic rings. The summed E-state index contributed by atoms with van der Waals surface area (Å²) in [5.41, 5.74) is 0.562. The normalized spacial score (nSPS) is 20.6. The number of hydrogen-bond acceptors (Lipinski definition) is 5. The fourth-order valence-electron chi connectivity index (χ4n) is 2.98. The van der Waals surface area contributed by atoms with E-state index in [1.807, 2.05) is 12.1 Å². The summed E-state index contributed by atoms with van der Waals surface area (Å²) in [6.07, 6.45) is 2.16. The summed E-state index contributed by atoms with van der Waals surface area (Å²) in [6.45, 7) is -0.0514. The van der Waals surface area contributed by atoms with Crippen LogP contribution in [0.4, 0.5) is 0 Å². The molecule has 1 aliphatic rings. The fraction of sp³-hybridized carbons (Fsp3) is 0.375. The minimum absolute atomic E-state index is 0.0514. The third kappa shape index (κ3) is 3.52. The average Bonchev–Trinajstić information content (AvgIpc) is 3.00. The van der Waals surface area contributed by atoms with E-state index < -0.39 is 15.6 Å². The van der Waals surface area contributed by atoms with Gasteiger partial charge in [-0.2, -0.15) is 0 Å². The van der Waals surface area contributed by atoms with E-state index in [9.17, 15) is 13.5 Å². The van der Waals surface area contributed by atoms with Gasteiger partial charge in [-0.15, -0.1) is 11.3 Å². The van der Waals surface area contributed by atoms with Gasteiger partial charge >= 0.3 is 0 Å². The van der Waals surface area contributed by atoms with Crippen LogP contribution in [0.25, 0.3) is 0 Å². The van der Waals surface area contributed by atoms with E-state index in [-0.39, 0.29) is 10.8 Å². The Morgan fingerprint density at radius 3 is 2.83 bits per heavy atom. The minimum atomic E-state index is -3.64. The van der Waals surface area contributed by atoms with Gasteiger partial charge in [0.1, 0.15) is 15.6 Å². The molecule has 5 nitrogen and oxygen atoms in total. The molecule has 0 saturated heterocycles. The molecule has 1 atom stereocenters. The summed E-state index contributed by atoms with van der Waals surface area (Å²) in [7, 11) is -2.04. The number of rotatable bonds is 5. The highest BCUT2D eigenvalue weighted by molar-refractivity contribution is 9.11. The lowest BCUT2D eigenvalue weighted by Crippen LogP contribution is -2.42. The minimum Gasteiger partial charge on any atom is -0.497 e. The molecule has 3 rings (SSSR count). The molecule has 0 amide bonds. The Kier molecular flexibility index (Phi) is 5.04. The zero-order valence-corrected chi connectivity index (χ0v) is 16.3. The first kappa shape index (κ1) is 17.9. The SMILES string of the molecule is COc1ccc2c(c1)CCCC2(O)CNS(=O)(=O)c1ccc(Br)s1. The molecule has 8 heteroatoms. The van der Waals surface area contributed by atoms with Crippen LogP contribution >= 0.6 is 27.3 Å². The summed E-state index contributed by atoms with van der Waals surface area (Å²) in [5, 5.41) is 11.0. The van der Waals surface area contributed by atoms with Crippen molar-refractivity contribution in [3.05, 3.63) is 45.2 Å². The molecule has 1 heterocycles. The molecular weight excluding hydrogens is 414 g/mol. The van der Waals surface area contributed by atoms with Crippen LogP contribution in [0, 0.1) is 0 Å². The van der Waals surface area contributed by atoms with Crippen LogP contribution in [0.3, 0.4) is 0 Å². The standard InChI is InChI=1S/C16H18BrNO4S2/c1-22-12-4-5-13-11(9-12)3-2-8-16(13,19)10-18-24(20,21)15-7-6-14(17)23-15/h4-7,9,18-19H,2-3,8,10H2,1H3. The second-order valence-electron chi connectivity index (χ2n) is 5.79. The number of thiophene rings is 1. The molecular formula is C16H18BrNO4S2. The Balaban J connectivity index is 1.83. The monoisotopic (exact) mass is 431 g/mol. The van der Waals surface area contributed by atoms with E-state index in [2.05, 4.69) is 20.7 Å². The van der Waals surface area contributed by atoms with Gasteiger partial charge in [0.25, 0.3) is 0 Å². The van der Waals surface area contributed by atoms with E-state index >= 15 is 0 Å². The summed E-state index contributed by atoms with van der Waals surface area (Å²) in [4.78, 5) is 0. The summed E-state index contributed by atoms with van der Waals surface area (Å²) in [6, 6.07) is 8.75. The zero-order valence-electron chi connectivity index (χ0n) is 13.1. The molecule has 0 saturated carbocycles. The second kappa shape index (κ2) is 6.76. The molecule has 2 N–H and O–H groups in total. The van der Waals surface area contributed by atoms with Gasteiger partial charge in [0.15, 0.2) is 0 Å². The zero-order chi connectivity index (χ0) is 17.4. The third-order valence-corrected chi connectivity index (χ3v) is 7.73. The highest BCUT2D eigenvalue weighted by Crippen LogP contribution is 2.37. The van der Waals surface area contributed by atoms with Gasteiger partial charge in [0.05, 0.1) is 10.9 Å². The summed E-state index contributed by atoms with van der Waals surface area (Å²) >= 11 is 4.40. The number of aryl methyl sites for hydroxylation is 1. The Bertz CT molecular complexity index is 850. The van der Waals surface area contributed by atoms with Crippen molar-refractivity contribution in [1.29, 1.82) is 0 Å². The van der Waals surface area contributed by atoms with Crippen LogP contribution in [-0.2, 0) is 22.0 Å². The first-order chi connectivity index (χ1) is 11.3. The average molecular weight is 432 g/mol. The maximum absolute atomic E-state index is 12.4. The van der Waals surface area contributed by atoms with Crippen LogP contribution in [0.2, 0.25) is 0 Å². The number of nitrogens with one attached hydrogen (secondary N) is 1. The van der Waals surface area contributed by atoms with Crippen LogP contribution in [0.5, 0.6) is 5.75 Å². The van der Waals surface area contributed by atoms with Gasteiger partial charge in [-0.3, -0.25) is 0 Å². The maximum Gasteiger partial charge on any atom is 0.250 e. The van der Waals surface area contributed by atoms with Gasteiger partial charge in [-0.05, 0) is 70.6 Å². The highest BCUT2D eigenvalue weighted by Gasteiger charge is 2.36. The molecule has 0 fully saturated rings. The van der Waals surface area contributed by atoms with E-state index in [1.54, 1.807) is 25.3 Å². The lowest BCUT2D eigenvalue weighted by atomic mass is 9.79. The van der Waals surface area contributed by atoms with Crippen molar-refractivity contribution in [1.82, 2.24) is 4.72 Å². The predicted molar refractivity (Wildman–Crippen MR) is 97.0 cm³/mol. The Morgan fingerprint density at radius 2 is 2.17 bits per heavy atom. The van der Waals surface area contributed by atoms with Crippen molar-refractivity contribution in [2.24, 2.45) is 0 Å². The number of methoxy groups -OCH3 is 1. The van der Waals surface area contributed by atoms with Crippen molar-refractivity contribution in [2.45, 2.75) is 29.1 Å². The van der Waals surface area contributed by atoms with Crippen molar-refractivity contribution in [3.8, 4) is 5.75 Å². The van der Waals surface area contributed by atoms with Gasteiger partial charge in [-0.25, -0.2) is 13.1 Å². The van der Waals surface area contributed by atoms with E-state index in [0.29, 0.717) is 6.42 Å². The van der Waals surface area contributed by atoms with Crippen LogP contribution < -0.4 is 9.46 Å². The first-order valence-electron chi connectivity index (χ1n) is 7.49. The van der Waals surface area contributed by atoms with Crippen LogP contribution in [0.15, 0.2) is 38.3 Å². The van der Waals surface area contributed by atoms with Crippen molar-refractivity contribution >= 4 is 37.3 Å². The molecule has 1 aromatic carbocycles. The maximum atomic E-state index is 12.4. The molecule has 0 radical (unpaired) electrons. The van der Waals surface area contributed by atoms with Gasteiger partial charge in [-0.1, -0.05) is 6.07 Å². The molecule has 24 heavy (non-hydrogen) atoms. The van der Waals surface area contributed by atoms with Crippen LogP contribution in [0.1, 0.15) is 24.0 Å². The quantitative estimate of drug-likeness (QED) is 0.762. The van der Waals surface area contributed by atoms with Gasteiger partial charge < -0.3 is 9.84 Å². The number of benzene rings is 1. The second-order valence-corrected chi connectivity index (χ2v) is 10.2. The fourth-order valence-corrected chi connectivity index (χ4v) is 6.12. The Hall–Kier alpha value is -0.930. The molecule has 1 aliphatic carbocycles. The van der Waals surface area contributed by atoms with Gasteiger partial charge in [0.2, 0.25) is 10.0 Å². The van der Waals surface area contributed by atoms with Crippen molar-refractivity contribution in [2.75, 3.05) is 13.7 Å². The molecule has 0 spiro atoms. The van der Waals surface area contributed by atoms with Crippen molar-refractivity contribution in [3.63, 3.8) is 0 Å².